The maximum Gasteiger partial charge on any atom is 0.416 e. The zero-order valence-corrected chi connectivity index (χ0v) is 11.0. The van der Waals surface area contributed by atoms with Crippen LogP contribution in [0.5, 0.6) is 0 Å². The summed E-state index contributed by atoms with van der Waals surface area (Å²) in [5, 5.41) is 0. The molecule has 0 fully saturated rings. The molecule has 0 radical (unpaired) electrons. The van der Waals surface area contributed by atoms with Crippen molar-refractivity contribution in [3.8, 4) is 11.3 Å². The Morgan fingerprint density at radius 1 is 1.05 bits per heavy atom. The number of hydrogen-bond donors (Lipinski definition) is 0. The largest absolute Gasteiger partial charge is 0.416 e. The monoisotopic (exact) mass is 283 g/mol. The molecule has 1 nitrogen and oxygen atoms in total. The van der Waals surface area contributed by atoms with Gasteiger partial charge in [-0.25, -0.2) is 4.39 Å². The van der Waals surface area contributed by atoms with Crippen LogP contribution >= 0.6 is 0 Å². The van der Waals surface area contributed by atoms with Crippen LogP contribution in [0.25, 0.3) is 11.3 Å². The van der Waals surface area contributed by atoms with Crippen molar-refractivity contribution in [1.29, 1.82) is 0 Å². The summed E-state index contributed by atoms with van der Waals surface area (Å²) in [4.78, 5) is 3.93. The van der Waals surface area contributed by atoms with Crippen molar-refractivity contribution in [3.63, 3.8) is 0 Å². The van der Waals surface area contributed by atoms with E-state index in [1.807, 2.05) is 13.8 Å². The molecular formula is C15H13F4N. The average molecular weight is 283 g/mol. The van der Waals surface area contributed by atoms with Gasteiger partial charge >= 0.3 is 6.18 Å². The summed E-state index contributed by atoms with van der Waals surface area (Å²) >= 11 is 0. The highest BCUT2D eigenvalue weighted by atomic mass is 19.4. The third-order valence-corrected chi connectivity index (χ3v) is 3.01. The molecule has 0 atom stereocenters. The van der Waals surface area contributed by atoms with Crippen LogP contribution in [0.2, 0.25) is 0 Å². The minimum atomic E-state index is -4.36. The summed E-state index contributed by atoms with van der Waals surface area (Å²) in [6.45, 7) is 3.68. The van der Waals surface area contributed by atoms with E-state index in [0.29, 0.717) is 16.8 Å². The minimum Gasteiger partial charge on any atom is -0.253 e. The van der Waals surface area contributed by atoms with E-state index in [1.54, 1.807) is 6.07 Å². The van der Waals surface area contributed by atoms with Crippen molar-refractivity contribution < 1.29 is 17.6 Å². The van der Waals surface area contributed by atoms with E-state index in [0.717, 1.165) is 18.3 Å². The fourth-order valence-corrected chi connectivity index (χ4v) is 1.88. The lowest BCUT2D eigenvalue weighted by molar-refractivity contribution is -0.137. The van der Waals surface area contributed by atoms with Crippen LogP contribution in [0.3, 0.4) is 0 Å². The molecular weight excluding hydrogens is 270 g/mol. The lowest BCUT2D eigenvalue weighted by Gasteiger charge is -2.10. The lowest BCUT2D eigenvalue weighted by atomic mass is 10.0. The molecule has 1 heterocycles. The number of hydrogen-bond acceptors (Lipinski definition) is 1. The van der Waals surface area contributed by atoms with Crippen molar-refractivity contribution in [3.05, 3.63) is 53.5 Å². The maximum absolute atomic E-state index is 13.5. The van der Waals surface area contributed by atoms with Gasteiger partial charge in [-0.05, 0) is 29.7 Å². The van der Waals surface area contributed by atoms with Crippen LogP contribution in [0.4, 0.5) is 17.6 Å². The SMILES string of the molecule is CC(C)c1cc(-c2ccc(C(F)(F)F)cc2)ncc1F. The Hall–Kier alpha value is -1.91. The molecule has 0 aliphatic heterocycles. The molecule has 0 unspecified atom stereocenters. The highest BCUT2D eigenvalue weighted by molar-refractivity contribution is 5.60. The average Bonchev–Trinajstić information content (AvgIpc) is 2.38. The van der Waals surface area contributed by atoms with Crippen LogP contribution in [-0.2, 0) is 6.18 Å². The second-order valence-corrected chi connectivity index (χ2v) is 4.82. The quantitative estimate of drug-likeness (QED) is 0.704. The number of rotatable bonds is 2. The minimum absolute atomic E-state index is 0.0220. The molecule has 0 aliphatic rings. The zero-order chi connectivity index (χ0) is 14.9. The smallest absolute Gasteiger partial charge is 0.253 e. The number of benzene rings is 1. The molecule has 20 heavy (non-hydrogen) atoms. The van der Waals surface area contributed by atoms with Crippen molar-refractivity contribution in [2.45, 2.75) is 25.9 Å². The topological polar surface area (TPSA) is 12.9 Å². The maximum atomic E-state index is 13.5. The van der Waals surface area contributed by atoms with E-state index in [-0.39, 0.29) is 5.92 Å². The first-order valence-electron chi connectivity index (χ1n) is 6.12. The second-order valence-electron chi connectivity index (χ2n) is 4.82. The summed E-state index contributed by atoms with van der Waals surface area (Å²) < 4.78 is 51.0. The fourth-order valence-electron chi connectivity index (χ4n) is 1.88. The second kappa shape index (κ2) is 5.23. The summed E-state index contributed by atoms with van der Waals surface area (Å²) in [6, 6.07) is 6.24. The third-order valence-electron chi connectivity index (χ3n) is 3.01. The van der Waals surface area contributed by atoms with Gasteiger partial charge in [-0.15, -0.1) is 0 Å². The molecule has 1 aromatic heterocycles. The summed E-state index contributed by atoms with van der Waals surface area (Å²) in [5.41, 5.74) is 0.770. The predicted octanol–water partition coefficient (Wildman–Crippen LogP) is 5.03. The van der Waals surface area contributed by atoms with Gasteiger partial charge in [-0.1, -0.05) is 26.0 Å². The van der Waals surface area contributed by atoms with Crippen molar-refractivity contribution in [2.24, 2.45) is 0 Å². The Labute approximate surface area is 114 Å². The molecule has 0 saturated heterocycles. The molecule has 2 aromatic rings. The molecule has 1 aromatic carbocycles. The summed E-state index contributed by atoms with van der Waals surface area (Å²) in [7, 11) is 0. The van der Waals surface area contributed by atoms with E-state index < -0.39 is 17.6 Å². The van der Waals surface area contributed by atoms with Gasteiger partial charge in [0.25, 0.3) is 0 Å². The van der Waals surface area contributed by atoms with E-state index in [2.05, 4.69) is 4.98 Å². The van der Waals surface area contributed by atoms with Crippen molar-refractivity contribution >= 4 is 0 Å². The highest BCUT2D eigenvalue weighted by Crippen LogP contribution is 2.31. The molecule has 0 saturated carbocycles. The Morgan fingerprint density at radius 2 is 1.65 bits per heavy atom. The van der Waals surface area contributed by atoms with Gasteiger partial charge in [0.05, 0.1) is 17.5 Å². The number of pyridine rings is 1. The molecule has 106 valence electrons. The standard InChI is InChI=1S/C15H13F4N/c1-9(2)12-7-14(20-8-13(12)16)10-3-5-11(6-4-10)15(17,18)19/h3-9H,1-2H3. The summed E-state index contributed by atoms with van der Waals surface area (Å²) in [5.74, 6) is -0.429. The van der Waals surface area contributed by atoms with Gasteiger partial charge < -0.3 is 0 Å². The molecule has 5 heteroatoms. The van der Waals surface area contributed by atoms with E-state index in [1.165, 1.54) is 12.1 Å². The molecule has 0 spiro atoms. The Morgan fingerprint density at radius 3 is 2.15 bits per heavy atom. The Balaban J connectivity index is 2.40. The Kier molecular flexibility index (Phi) is 3.79. The highest BCUT2D eigenvalue weighted by Gasteiger charge is 2.30. The zero-order valence-electron chi connectivity index (χ0n) is 11.0. The number of nitrogens with zero attached hydrogens (tertiary/aromatic N) is 1. The molecule has 0 amide bonds. The van der Waals surface area contributed by atoms with Crippen LogP contribution in [0.1, 0.15) is 30.9 Å². The van der Waals surface area contributed by atoms with Crippen molar-refractivity contribution in [1.82, 2.24) is 4.98 Å². The summed E-state index contributed by atoms with van der Waals surface area (Å²) in [6.07, 6.45) is -3.26. The lowest BCUT2D eigenvalue weighted by Crippen LogP contribution is -2.04. The van der Waals surface area contributed by atoms with Crippen LogP contribution < -0.4 is 0 Å². The molecule has 0 N–H and O–H groups in total. The van der Waals surface area contributed by atoms with E-state index in [9.17, 15) is 17.6 Å². The van der Waals surface area contributed by atoms with Gasteiger partial charge in [0.2, 0.25) is 0 Å². The molecule has 0 aliphatic carbocycles. The van der Waals surface area contributed by atoms with Gasteiger partial charge in [0, 0.05) is 5.56 Å². The molecule has 2 rings (SSSR count). The van der Waals surface area contributed by atoms with Gasteiger partial charge in [-0.2, -0.15) is 13.2 Å². The van der Waals surface area contributed by atoms with Gasteiger partial charge in [-0.3, -0.25) is 4.98 Å². The molecule has 0 bridgehead atoms. The normalized spacial score (nSPS) is 11.9. The predicted molar refractivity (Wildman–Crippen MR) is 68.7 cm³/mol. The number of aromatic nitrogens is 1. The van der Waals surface area contributed by atoms with E-state index in [4.69, 9.17) is 0 Å². The number of alkyl halides is 3. The van der Waals surface area contributed by atoms with Crippen LogP contribution in [0, 0.1) is 5.82 Å². The van der Waals surface area contributed by atoms with Crippen LogP contribution in [0.15, 0.2) is 36.5 Å². The van der Waals surface area contributed by atoms with Gasteiger partial charge in [0.1, 0.15) is 5.82 Å². The van der Waals surface area contributed by atoms with Crippen molar-refractivity contribution in [2.75, 3.05) is 0 Å². The van der Waals surface area contributed by atoms with E-state index >= 15 is 0 Å². The van der Waals surface area contributed by atoms with Crippen LogP contribution in [-0.4, -0.2) is 4.98 Å². The first-order chi connectivity index (χ1) is 9.29. The fraction of sp³-hybridized carbons (Fsp3) is 0.267. The first-order valence-corrected chi connectivity index (χ1v) is 6.12. The Bertz CT molecular complexity index is 600. The third kappa shape index (κ3) is 2.98. The van der Waals surface area contributed by atoms with Gasteiger partial charge in [0.15, 0.2) is 0 Å². The first kappa shape index (κ1) is 14.5. The number of halogens is 4.